The minimum absolute atomic E-state index is 0.0882. The van der Waals surface area contributed by atoms with Gasteiger partial charge >= 0.3 is 0 Å². The predicted molar refractivity (Wildman–Crippen MR) is 127 cm³/mol. The maximum atomic E-state index is 12.5. The standard InChI is InChI=1S/C23H17Cl2N3O3S/c1-2-30-15-6-4-14(5-7-15)28-21(27-22(29)16(12-26)23(28)32)20-10-9-19(31-20)13-3-8-17(24)18(25)11-13/h3-11,21,32H,2H2,1H3,(H,27,29). The first-order valence-electron chi connectivity index (χ1n) is 9.64. The van der Waals surface area contributed by atoms with E-state index < -0.39 is 12.1 Å². The van der Waals surface area contributed by atoms with E-state index in [4.69, 9.17) is 32.4 Å². The highest BCUT2D eigenvalue weighted by Crippen LogP contribution is 2.38. The SMILES string of the molecule is CCOc1ccc(N2C(S)=C(C#N)C(=O)NC2c2ccc(-c3ccc(Cl)c(Cl)c3)o2)cc1. The molecule has 2 aromatic carbocycles. The molecule has 1 aliphatic heterocycles. The van der Waals surface area contributed by atoms with Crippen LogP contribution in [0.3, 0.4) is 0 Å². The van der Waals surface area contributed by atoms with E-state index >= 15 is 0 Å². The van der Waals surface area contributed by atoms with Gasteiger partial charge in [-0.2, -0.15) is 5.26 Å². The summed E-state index contributed by atoms with van der Waals surface area (Å²) in [4.78, 5) is 14.3. The van der Waals surface area contributed by atoms with Crippen LogP contribution in [0, 0.1) is 11.3 Å². The number of benzene rings is 2. The number of hydrogen-bond donors (Lipinski definition) is 2. The van der Waals surface area contributed by atoms with Crippen molar-refractivity contribution in [3.05, 3.63) is 81.0 Å². The lowest BCUT2D eigenvalue weighted by Gasteiger charge is -2.36. The number of halogens is 2. The zero-order chi connectivity index (χ0) is 22.8. The number of thiol groups is 1. The molecule has 1 N–H and O–H groups in total. The molecule has 3 aromatic rings. The fraction of sp³-hybridized carbons (Fsp3) is 0.130. The van der Waals surface area contributed by atoms with Gasteiger partial charge in [-0.1, -0.05) is 23.2 Å². The molecule has 0 bridgehead atoms. The molecule has 1 unspecified atom stereocenters. The molecule has 0 aliphatic carbocycles. The van der Waals surface area contributed by atoms with Crippen LogP contribution in [-0.2, 0) is 4.79 Å². The number of rotatable bonds is 5. The highest BCUT2D eigenvalue weighted by Gasteiger charge is 2.35. The summed E-state index contributed by atoms with van der Waals surface area (Å²) >= 11 is 16.6. The van der Waals surface area contributed by atoms with Gasteiger partial charge in [0.05, 0.1) is 21.7 Å². The van der Waals surface area contributed by atoms with E-state index in [1.807, 2.05) is 37.3 Å². The quantitative estimate of drug-likeness (QED) is 0.436. The maximum absolute atomic E-state index is 12.5. The van der Waals surface area contributed by atoms with E-state index in [-0.39, 0.29) is 10.6 Å². The number of nitrogens with one attached hydrogen (secondary N) is 1. The molecule has 0 spiro atoms. The van der Waals surface area contributed by atoms with Gasteiger partial charge in [-0.25, -0.2) is 0 Å². The van der Waals surface area contributed by atoms with E-state index in [9.17, 15) is 10.1 Å². The molecule has 6 nitrogen and oxygen atoms in total. The van der Waals surface area contributed by atoms with Crippen LogP contribution in [0.15, 0.2) is 69.6 Å². The first-order valence-corrected chi connectivity index (χ1v) is 10.8. The van der Waals surface area contributed by atoms with E-state index in [1.54, 1.807) is 35.2 Å². The van der Waals surface area contributed by atoms with Crippen LogP contribution >= 0.6 is 35.8 Å². The van der Waals surface area contributed by atoms with Gasteiger partial charge in [-0.15, -0.1) is 12.6 Å². The molecule has 0 saturated heterocycles. The highest BCUT2D eigenvalue weighted by atomic mass is 35.5. The molecule has 1 amide bonds. The monoisotopic (exact) mass is 485 g/mol. The Bertz CT molecular complexity index is 1250. The van der Waals surface area contributed by atoms with Crippen LogP contribution in [0.4, 0.5) is 5.69 Å². The summed E-state index contributed by atoms with van der Waals surface area (Å²) in [6.07, 6.45) is -0.721. The number of amides is 1. The molecule has 162 valence electrons. The van der Waals surface area contributed by atoms with Gasteiger partial charge in [-0.3, -0.25) is 4.79 Å². The van der Waals surface area contributed by atoms with Crippen molar-refractivity contribution in [3.8, 4) is 23.1 Å². The number of nitrogens with zero attached hydrogens (tertiary/aromatic N) is 2. The van der Waals surface area contributed by atoms with Crippen molar-refractivity contribution in [2.24, 2.45) is 0 Å². The average molecular weight is 486 g/mol. The molecule has 1 aromatic heterocycles. The zero-order valence-electron chi connectivity index (χ0n) is 16.8. The topological polar surface area (TPSA) is 78.5 Å². The average Bonchev–Trinajstić information content (AvgIpc) is 3.27. The van der Waals surface area contributed by atoms with Gasteiger partial charge in [0.1, 0.15) is 28.9 Å². The largest absolute Gasteiger partial charge is 0.494 e. The van der Waals surface area contributed by atoms with E-state index in [1.165, 1.54) is 0 Å². The highest BCUT2D eigenvalue weighted by molar-refractivity contribution is 7.84. The smallest absolute Gasteiger partial charge is 0.266 e. The number of ether oxygens (including phenoxy) is 1. The third-order valence-corrected chi connectivity index (χ3v) is 6.02. The maximum Gasteiger partial charge on any atom is 0.266 e. The Morgan fingerprint density at radius 1 is 1.16 bits per heavy atom. The summed E-state index contributed by atoms with van der Waals surface area (Å²) in [7, 11) is 0. The molecule has 2 heterocycles. The lowest BCUT2D eigenvalue weighted by Crippen LogP contribution is -2.45. The Labute approximate surface area is 200 Å². The van der Waals surface area contributed by atoms with Gasteiger partial charge < -0.3 is 19.4 Å². The minimum Gasteiger partial charge on any atom is -0.494 e. The van der Waals surface area contributed by atoms with E-state index in [0.717, 1.165) is 5.56 Å². The minimum atomic E-state index is -0.721. The Kier molecular flexibility index (Phi) is 6.38. The summed E-state index contributed by atoms with van der Waals surface area (Å²) in [6.45, 7) is 2.45. The number of furan rings is 1. The van der Waals surface area contributed by atoms with Crippen LogP contribution < -0.4 is 15.0 Å². The Balaban J connectivity index is 1.75. The van der Waals surface area contributed by atoms with Crippen LogP contribution in [0.2, 0.25) is 10.0 Å². The van der Waals surface area contributed by atoms with E-state index in [2.05, 4.69) is 17.9 Å². The molecule has 0 radical (unpaired) electrons. The second-order valence-electron chi connectivity index (χ2n) is 6.81. The van der Waals surface area contributed by atoms with Crippen LogP contribution in [0.25, 0.3) is 11.3 Å². The number of anilines is 1. The lowest BCUT2D eigenvalue weighted by molar-refractivity contribution is -0.118. The molecular formula is C23H17Cl2N3O3S. The number of carbonyl (C=O) groups excluding carboxylic acids is 1. The molecule has 0 saturated carbocycles. The molecule has 1 atom stereocenters. The zero-order valence-corrected chi connectivity index (χ0v) is 19.2. The Morgan fingerprint density at radius 2 is 1.91 bits per heavy atom. The molecule has 0 fully saturated rings. The molecule has 4 rings (SSSR count). The van der Waals surface area contributed by atoms with Gasteiger partial charge in [0.15, 0.2) is 6.17 Å². The van der Waals surface area contributed by atoms with Crippen LogP contribution in [0.1, 0.15) is 18.8 Å². The summed E-state index contributed by atoms with van der Waals surface area (Å²) < 4.78 is 11.6. The third kappa shape index (κ3) is 4.17. The molecule has 32 heavy (non-hydrogen) atoms. The van der Waals surface area contributed by atoms with Crippen LogP contribution in [0.5, 0.6) is 5.75 Å². The summed E-state index contributed by atoms with van der Waals surface area (Å²) in [5.41, 5.74) is 1.35. The fourth-order valence-corrected chi connectivity index (χ4v) is 4.03. The first-order chi connectivity index (χ1) is 15.4. The van der Waals surface area contributed by atoms with Crippen molar-refractivity contribution in [1.29, 1.82) is 5.26 Å². The number of carbonyl (C=O) groups is 1. The van der Waals surface area contributed by atoms with Crippen molar-refractivity contribution in [3.63, 3.8) is 0 Å². The predicted octanol–water partition coefficient (Wildman–Crippen LogP) is 5.95. The van der Waals surface area contributed by atoms with Crippen LogP contribution in [-0.4, -0.2) is 12.5 Å². The van der Waals surface area contributed by atoms with Gasteiger partial charge in [-0.05, 0) is 61.5 Å². The molecular weight excluding hydrogens is 469 g/mol. The number of nitriles is 1. The Morgan fingerprint density at radius 3 is 2.56 bits per heavy atom. The molecule has 9 heteroatoms. The first kappa shape index (κ1) is 22.2. The van der Waals surface area contributed by atoms with Crippen molar-refractivity contribution in [2.45, 2.75) is 13.1 Å². The molecule has 1 aliphatic rings. The van der Waals surface area contributed by atoms with Gasteiger partial charge in [0, 0.05) is 11.3 Å². The summed E-state index contributed by atoms with van der Waals surface area (Å²) in [6, 6.07) is 17.9. The van der Waals surface area contributed by atoms with E-state index in [0.29, 0.717) is 39.6 Å². The Hall–Kier alpha value is -3.05. The van der Waals surface area contributed by atoms with Gasteiger partial charge in [0.25, 0.3) is 5.91 Å². The third-order valence-electron chi connectivity index (χ3n) is 4.84. The van der Waals surface area contributed by atoms with Gasteiger partial charge in [0.2, 0.25) is 0 Å². The van der Waals surface area contributed by atoms with Crippen molar-refractivity contribution >= 4 is 47.4 Å². The second-order valence-corrected chi connectivity index (χ2v) is 8.05. The second kappa shape index (κ2) is 9.21. The summed E-state index contributed by atoms with van der Waals surface area (Å²) in [5, 5.41) is 13.3. The summed E-state index contributed by atoms with van der Waals surface area (Å²) in [5.74, 6) is 1.18. The van der Waals surface area contributed by atoms with Crippen molar-refractivity contribution in [1.82, 2.24) is 5.32 Å². The van der Waals surface area contributed by atoms with Crippen molar-refractivity contribution < 1.29 is 13.9 Å². The fourth-order valence-electron chi connectivity index (χ4n) is 3.35. The normalized spacial score (nSPS) is 16.0. The van der Waals surface area contributed by atoms with Crippen molar-refractivity contribution in [2.75, 3.05) is 11.5 Å². The number of hydrogen-bond acceptors (Lipinski definition) is 6. The lowest BCUT2D eigenvalue weighted by atomic mass is 10.1.